The lowest BCUT2D eigenvalue weighted by Crippen LogP contribution is -2.12. The van der Waals surface area contributed by atoms with Crippen LogP contribution < -0.4 is 29.6 Å². The predicted molar refractivity (Wildman–Crippen MR) is 141 cm³/mol. The molecule has 2 aromatic carbocycles. The van der Waals surface area contributed by atoms with Crippen LogP contribution in [0.1, 0.15) is 11.1 Å². The zero-order valence-corrected chi connectivity index (χ0v) is 21.2. The molecule has 200 valence electrons. The molecule has 0 unspecified atom stereocenters. The van der Waals surface area contributed by atoms with E-state index in [1.807, 2.05) is 48.5 Å². The molecule has 38 heavy (non-hydrogen) atoms. The van der Waals surface area contributed by atoms with E-state index >= 15 is 0 Å². The second-order valence-electron chi connectivity index (χ2n) is 7.95. The molecule has 0 aliphatic rings. The van der Waals surface area contributed by atoms with Gasteiger partial charge < -0.3 is 39.8 Å². The molecule has 0 saturated carbocycles. The zero-order valence-electron chi connectivity index (χ0n) is 21.2. The molecule has 4 N–H and O–H groups in total. The van der Waals surface area contributed by atoms with Crippen LogP contribution in [-0.4, -0.2) is 70.8 Å². The topological polar surface area (TPSA) is 153 Å². The minimum absolute atomic E-state index is 0.0244. The number of hydrogen-bond acceptors (Lipinski definition) is 12. The molecule has 12 heteroatoms. The van der Waals surface area contributed by atoms with Gasteiger partial charge in [0.25, 0.3) is 0 Å². The Morgan fingerprint density at radius 3 is 1.34 bits per heavy atom. The second kappa shape index (κ2) is 13.2. The molecule has 0 radical (unpaired) electrons. The number of benzene rings is 2. The molecule has 0 fully saturated rings. The molecule has 0 atom stereocenters. The highest BCUT2D eigenvalue weighted by molar-refractivity contribution is 5.93. The summed E-state index contributed by atoms with van der Waals surface area (Å²) in [7, 11) is 3.23. The van der Waals surface area contributed by atoms with E-state index < -0.39 is 0 Å². The highest BCUT2D eigenvalue weighted by atomic mass is 16.5. The number of ether oxygens (including phenoxy) is 4. The molecular weight excluding hydrogens is 492 g/mol. The zero-order chi connectivity index (χ0) is 26.7. The van der Waals surface area contributed by atoms with Gasteiger partial charge in [0.15, 0.2) is 11.6 Å². The summed E-state index contributed by atoms with van der Waals surface area (Å²) in [6.45, 7) is 0.529. The third-order valence-corrected chi connectivity index (χ3v) is 5.39. The van der Waals surface area contributed by atoms with Gasteiger partial charge in [-0.1, -0.05) is 24.3 Å². The molecule has 0 amide bonds. The van der Waals surface area contributed by atoms with E-state index in [0.717, 1.165) is 22.6 Å². The monoisotopic (exact) mass is 522 g/mol. The summed E-state index contributed by atoms with van der Waals surface area (Å²) in [5.41, 5.74) is 2.77. The smallest absolute Gasteiger partial charge is 0.319 e. The Kier molecular flexibility index (Phi) is 9.27. The fraction of sp³-hybridized carbons (Fsp3) is 0.308. The van der Waals surface area contributed by atoms with E-state index in [2.05, 4.69) is 30.6 Å². The number of methoxy groups -OCH3 is 2. The van der Waals surface area contributed by atoms with E-state index in [1.165, 1.54) is 0 Å². The number of aliphatic hydroxyl groups excluding tert-OH is 2. The quantitative estimate of drug-likeness (QED) is 0.192. The van der Waals surface area contributed by atoms with Gasteiger partial charge in [-0.05, 0) is 35.4 Å². The largest absolute Gasteiger partial charge is 0.497 e. The molecule has 2 aromatic heterocycles. The van der Waals surface area contributed by atoms with Crippen molar-refractivity contribution in [2.45, 2.75) is 13.1 Å². The van der Waals surface area contributed by atoms with Crippen molar-refractivity contribution >= 4 is 22.7 Å². The lowest BCUT2D eigenvalue weighted by Gasteiger charge is -2.15. The van der Waals surface area contributed by atoms with Gasteiger partial charge in [0.05, 0.1) is 27.4 Å². The van der Waals surface area contributed by atoms with Crippen LogP contribution in [0.15, 0.2) is 48.5 Å². The van der Waals surface area contributed by atoms with Crippen molar-refractivity contribution in [3.05, 3.63) is 59.7 Å². The van der Waals surface area contributed by atoms with Crippen LogP contribution in [-0.2, 0) is 13.1 Å². The number of nitrogens with zero attached hydrogens (tertiary/aromatic N) is 4. The Morgan fingerprint density at radius 2 is 1.00 bits per heavy atom. The van der Waals surface area contributed by atoms with Gasteiger partial charge in [0, 0.05) is 13.1 Å². The van der Waals surface area contributed by atoms with E-state index in [4.69, 9.17) is 18.9 Å². The first-order valence-corrected chi connectivity index (χ1v) is 11.9. The van der Waals surface area contributed by atoms with Crippen LogP contribution >= 0.6 is 0 Å². The Labute approximate surface area is 219 Å². The third kappa shape index (κ3) is 6.87. The molecule has 12 nitrogen and oxygen atoms in total. The van der Waals surface area contributed by atoms with Crippen molar-refractivity contribution in [1.29, 1.82) is 0 Å². The molecule has 0 aliphatic carbocycles. The maximum atomic E-state index is 9.24. The fourth-order valence-corrected chi connectivity index (χ4v) is 3.48. The van der Waals surface area contributed by atoms with Gasteiger partial charge in [-0.2, -0.15) is 19.9 Å². The first-order chi connectivity index (χ1) is 18.6. The molecule has 0 saturated heterocycles. The molecule has 4 rings (SSSR count). The number of rotatable bonds is 14. The van der Waals surface area contributed by atoms with Crippen LogP contribution in [0.4, 0.5) is 11.6 Å². The van der Waals surface area contributed by atoms with Crippen molar-refractivity contribution in [2.75, 3.05) is 51.3 Å². The SMILES string of the molecule is COc1ccc(CNc2nc(OCCO)nc3c(NCc4ccc(OC)cc4)nc(OCCO)nc23)cc1. The van der Waals surface area contributed by atoms with E-state index in [0.29, 0.717) is 35.8 Å². The second-order valence-corrected chi connectivity index (χ2v) is 7.95. The standard InChI is InChI=1S/C26H30N6O6/c1-35-19-7-3-17(4-8-19)15-27-23-21-22(30-25(31-23)37-13-11-33)24(32-26(29-21)38-14-12-34)28-16-18-5-9-20(36-2)10-6-18/h3-10,33-34H,11-16H2,1-2H3,(H,27,30,31)(H,28,29,32). The minimum Gasteiger partial charge on any atom is -0.497 e. The maximum Gasteiger partial charge on any atom is 0.319 e. The normalized spacial score (nSPS) is 10.7. The first-order valence-electron chi connectivity index (χ1n) is 11.9. The number of hydrogen-bond donors (Lipinski definition) is 4. The number of nitrogens with one attached hydrogen (secondary N) is 2. The van der Waals surface area contributed by atoms with Gasteiger partial charge >= 0.3 is 12.0 Å². The summed E-state index contributed by atoms with van der Waals surface area (Å²) < 4.78 is 21.5. The Balaban J connectivity index is 1.70. The summed E-state index contributed by atoms with van der Waals surface area (Å²) in [6, 6.07) is 15.3. The lowest BCUT2D eigenvalue weighted by molar-refractivity contribution is 0.191. The van der Waals surface area contributed by atoms with Crippen LogP contribution in [0.2, 0.25) is 0 Å². The minimum atomic E-state index is -0.191. The third-order valence-electron chi connectivity index (χ3n) is 5.39. The van der Waals surface area contributed by atoms with Crippen LogP contribution in [0.3, 0.4) is 0 Å². The van der Waals surface area contributed by atoms with Crippen LogP contribution in [0.25, 0.3) is 11.0 Å². The highest BCUT2D eigenvalue weighted by Crippen LogP contribution is 2.29. The summed E-state index contributed by atoms with van der Waals surface area (Å²) >= 11 is 0. The summed E-state index contributed by atoms with van der Waals surface area (Å²) in [6.07, 6.45) is 0. The summed E-state index contributed by atoms with van der Waals surface area (Å²) in [5.74, 6) is 2.30. The fourth-order valence-electron chi connectivity index (χ4n) is 3.48. The number of fused-ring (bicyclic) bond motifs is 1. The molecule has 0 bridgehead atoms. The molecular formula is C26H30N6O6. The molecule has 0 aliphatic heterocycles. The van der Waals surface area contributed by atoms with Crippen molar-refractivity contribution in [1.82, 2.24) is 19.9 Å². The van der Waals surface area contributed by atoms with Crippen molar-refractivity contribution in [3.8, 4) is 23.5 Å². The van der Waals surface area contributed by atoms with E-state index in [1.54, 1.807) is 14.2 Å². The average Bonchev–Trinajstić information content (AvgIpc) is 2.97. The van der Waals surface area contributed by atoms with Crippen LogP contribution in [0.5, 0.6) is 23.5 Å². The Bertz CT molecular complexity index is 1220. The van der Waals surface area contributed by atoms with Gasteiger partial charge in [0.2, 0.25) is 0 Å². The molecule has 2 heterocycles. The Hall–Kier alpha value is -4.42. The van der Waals surface area contributed by atoms with Gasteiger partial charge in [0.1, 0.15) is 35.7 Å². The predicted octanol–water partition coefficient (Wildman–Crippen LogP) is 2.40. The van der Waals surface area contributed by atoms with Gasteiger partial charge in [-0.3, -0.25) is 0 Å². The number of anilines is 2. The molecule has 0 spiro atoms. The van der Waals surface area contributed by atoms with E-state index in [-0.39, 0.29) is 38.4 Å². The maximum absolute atomic E-state index is 9.24. The first kappa shape index (κ1) is 26.6. The number of aliphatic hydroxyl groups is 2. The summed E-state index contributed by atoms with van der Waals surface area (Å²) in [5, 5.41) is 25.0. The van der Waals surface area contributed by atoms with E-state index in [9.17, 15) is 10.2 Å². The van der Waals surface area contributed by atoms with Crippen LogP contribution in [0, 0.1) is 0 Å². The van der Waals surface area contributed by atoms with Crippen molar-refractivity contribution < 1.29 is 29.2 Å². The average molecular weight is 523 g/mol. The number of aromatic nitrogens is 4. The van der Waals surface area contributed by atoms with Gasteiger partial charge in [-0.25, -0.2) is 0 Å². The van der Waals surface area contributed by atoms with Crippen molar-refractivity contribution in [2.24, 2.45) is 0 Å². The highest BCUT2D eigenvalue weighted by Gasteiger charge is 2.18. The summed E-state index contributed by atoms with van der Waals surface area (Å²) in [4.78, 5) is 17.9. The van der Waals surface area contributed by atoms with Gasteiger partial charge in [-0.15, -0.1) is 0 Å². The van der Waals surface area contributed by atoms with Crippen molar-refractivity contribution in [3.63, 3.8) is 0 Å². The molecule has 4 aromatic rings. The lowest BCUT2D eigenvalue weighted by atomic mass is 10.2. The Morgan fingerprint density at radius 1 is 0.605 bits per heavy atom.